The van der Waals surface area contributed by atoms with Crippen LogP contribution in [0, 0.1) is 5.82 Å². The molecule has 0 saturated carbocycles. The van der Waals surface area contributed by atoms with Gasteiger partial charge in [-0.2, -0.15) is 0 Å². The predicted octanol–water partition coefficient (Wildman–Crippen LogP) is 6.72. The third-order valence-corrected chi connectivity index (χ3v) is 6.11. The quantitative estimate of drug-likeness (QED) is 0.253. The minimum Gasteiger partial charge on any atom is -0.478 e. The molecule has 0 aliphatic carbocycles. The first-order chi connectivity index (χ1) is 15.5. The molecular formula is C26H19FO4S. The normalized spacial score (nSPS) is 11.2. The van der Waals surface area contributed by atoms with E-state index in [4.69, 9.17) is 9.84 Å². The average molecular weight is 446 g/mol. The predicted molar refractivity (Wildman–Crippen MR) is 124 cm³/mol. The molecule has 0 aliphatic rings. The van der Waals surface area contributed by atoms with E-state index in [1.165, 1.54) is 29.5 Å². The monoisotopic (exact) mass is 446 g/mol. The molecule has 0 radical (unpaired) electrons. The van der Waals surface area contributed by atoms with Crippen molar-refractivity contribution < 1.29 is 23.8 Å². The Labute approximate surface area is 188 Å². The average Bonchev–Trinajstić information content (AvgIpc) is 3.15. The van der Waals surface area contributed by atoms with Gasteiger partial charge in [0.1, 0.15) is 16.4 Å². The lowest BCUT2D eigenvalue weighted by Crippen LogP contribution is -2.04. The molecule has 0 unspecified atom stereocenters. The number of thiophene rings is 1. The van der Waals surface area contributed by atoms with Crippen LogP contribution in [0.25, 0.3) is 16.2 Å². The standard InChI is InChI=1S/C26H19FO4S/c1-2-17-5-3-4-6-20(17)24(30)26-25(21-13-10-18(27)15-22(21)32-26)31-19-11-7-16(8-12-19)9-14-23(28)29/h3-15H,2H2,1H3,(H,28,29)/b14-9+. The fourth-order valence-corrected chi connectivity index (χ4v) is 4.51. The Kier molecular flexibility index (Phi) is 6.14. The molecule has 160 valence electrons. The number of halogens is 1. The minimum atomic E-state index is -1.03. The van der Waals surface area contributed by atoms with E-state index in [-0.39, 0.29) is 11.6 Å². The minimum absolute atomic E-state index is 0.167. The van der Waals surface area contributed by atoms with Crippen LogP contribution in [0.1, 0.15) is 33.3 Å². The molecule has 4 nitrogen and oxygen atoms in total. The van der Waals surface area contributed by atoms with Gasteiger partial charge in [-0.15, -0.1) is 11.3 Å². The van der Waals surface area contributed by atoms with Gasteiger partial charge < -0.3 is 9.84 Å². The van der Waals surface area contributed by atoms with Crippen LogP contribution in [0.3, 0.4) is 0 Å². The molecule has 32 heavy (non-hydrogen) atoms. The van der Waals surface area contributed by atoms with Crippen LogP contribution in [0.2, 0.25) is 0 Å². The molecule has 1 heterocycles. The van der Waals surface area contributed by atoms with E-state index >= 15 is 0 Å². The maximum Gasteiger partial charge on any atom is 0.328 e. The summed E-state index contributed by atoms with van der Waals surface area (Å²) in [5.74, 6) is -0.709. The maximum absolute atomic E-state index is 13.9. The zero-order valence-electron chi connectivity index (χ0n) is 17.2. The number of hydrogen-bond acceptors (Lipinski definition) is 4. The number of ketones is 1. The molecule has 0 atom stereocenters. The number of rotatable bonds is 7. The second-order valence-electron chi connectivity index (χ2n) is 7.08. The maximum atomic E-state index is 13.9. The Balaban J connectivity index is 1.76. The molecule has 0 amide bonds. The lowest BCUT2D eigenvalue weighted by molar-refractivity contribution is -0.131. The van der Waals surface area contributed by atoms with Crippen LogP contribution >= 0.6 is 11.3 Å². The number of aryl methyl sites for hydroxylation is 1. The summed E-state index contributed by atoms with van der Waals surface area (Å²) in [4.78, 5) is 24.6. The largest absolute Gasteiger partial charge is 0.478 e. The van der Waals surface area contributed by atoms with Crippen molar-refractivity contribution in [3.63, 3.8) is 0 Å². The molecule has 4 rings (SSSR count). The molecule has 3 aromatic carbocycles. The van der Waals surface area contributed by atoms with Crippen molar-refractivity contribution in [3.8, 4) is 11.5 Å². The number of carbonyl (C=O) groups excluding carboxylic acids is 1. The van der Waals surface area contributed by atoms with Crippen LogP contribution in [0.4, 0.5) is 4.39 Å². The Morgan fingerprint density at radius 1 is 1.06 bits per heavy atom. The molecule has 1 N–H and O–H groups in total. The van der Waals surface area contributed by atoms with Gasteiger partial charge in [0.05, 0.1) is 0 Å². The Hall–Kier alpha value is -3.77. The highest BCUT2D eigenvalue weighted by Crippen LogP contribution is 2.42. The van der Waals surface area contributed by atoms with E-state index in [0.29, 0.717) is 44.0 Å². The molecule has 6 heteroatoms. The SMILES string of the molecule is CCc1ccccc1C(=O)c1sc2cc(F)ccc2c1Oc1ccc(/C=C/C(=O)O)cc1. The van der Waals surface area contributed by atoms with Gasteiger partial charge in [0.25, 0.3) is 0 Å². The Morgan fingerprint density at radius 2 is 1.81 bits per heavy atom. The summed E-state index contributed by atoms with van der Waals surface area (Å²) in [5, 5.41) is 9.42. The summed E-state index contributed by atoms with van der Waals surface area (Å²) in [6, 6.07) is 18.6. The molecule has 0 aliphatic heterocycles. The zero-order chi connectivity index (χ0) is 22.7. The number of fused-ring (bicyclic) bond motifs is 1. The number of carboxylic acid groups (broad SMARTS) is 1. The summed E-state index contributed by atoms with van der Waals surface area (Å²) in [6.07, 6.45) is 3.24. The van der Waals surface area contributed by atoms with Crippen LogP contribution in [0.5, 0.6) is 11.5 Å². The van der Waals surface area contributed by atoms with Crippen molar-refractivity contribution in [2.45, 2.75) is 13.3 Å². The van der Waals surface area contributed by atoms with E-state index in [0.717, 1.165) is 11.6 Å². The summed E-state index contributed by atoms with van der Waals surface area (Å²) in [6.45, 7) is 1.99. The summed E-state index contributed by atoms with van der Waals surface area (Å²) >= 11 is 1.20. The van der Waals surface area contributed by atoms with E-state index in [1.54, 1.807) is 36.4 Å². The van der Waals surface area contributed by atoms with Gasteiger partial charge in [-0.05, 0) is 54.0 Å². The molecule has 1 aromatic heterocycles. The summed E-state index contributed by atoms with van der Waals surface area (Å²) in [5.41, 5.74) is 2.23. The second-order valence-corrected chi connectivity index (χ2v) is 8.14. The van der Waals surface area contributed by atoms with Crippen LogP contribution in [0.15, 0.2) is 72.8 Å². The number of hydrogen-bond donors (Lipinski definition) is 1. The number of ether oxygens (including phenoxy) is 1. The zero-order valence-corrected chi connectivity index (χ0v) is 18.0. The summed E-state index contributed by atoms with van der Waals surface area (Å²) < 4.78 is 20.6. The fourth-order valence-electron chi connectivity index (χ4n) is 3.40. The van der Waals surface area contributed by atoms with Gasteiger partial charge >= 0.3 is 5.97 Å². The van der Waals surface area contributed by atoms with E-state index in [9.17, 15) is 14.0 Å². The Bertz CT molecular complexity index is 1340. The molecule has 0 bridgehead atoms. The third kappa shape index (κ3) is 4.45. The van der Waals surface area contributed by atoms with Gasteiger partial charge in [0, 0.05) is 21.7 Å². The van der Waals surface area contributed by atoms with Crippen molar-refractivity contribution in [1.82, 2.24) is 0 Å². The highest BCUT2D eigenvalue weighted by atomic mass is 32.1. The lowest BCUT2D eigenvalue weighted by Gasteiger charge is -2.10. The van der Waals surface area contributed by atoms with E-state index < -0.39 is 5.97 Å². The van der Waals surface area contributed by atoms with Crippen LogP contribution < -0.4 is 4.74 Å². The molecule has 0 spiro atoms. The van der Waals surface area contributed by atoms with Crippen molar-refractivity contribution in [2.75, 3.05) is 0 Å². The fraction of sp³-hybridized carbons (Fsp3) is 0.0769. The lowest BCUT2D eigenvalue weighted by atomic mass is 10.0. The topological polar surface area (TPSA) is 63.6 Å². The van der Waals surface area contributed by atoms with Crippen molar-refractivity contribution in [2.24, 2.45) is 0 Å². The highest BCUT2D eigenvalue weighted by molar-refractivity contribution is 7.21. The van der Waals surface area contributed by atoms with Crippen molar-refractivity contribution in [3.05, 3.63) is 100 Å². The molecule has 0 saturated heterocycles. The van der Waals surface area contributed by atoms with E-state index in [2.05, 4.69) is 0 Å². The first-order valence-corrected chi connectivity index (χ1v) is 10.8. The van der Waals surface area contributed by atoms with Crippen LogP contribution in [-0.2, 0) is 11.2 Å². The first kappa shape index (κ1) is 21.5. The highest BCUT2D eigenvalue weighted by Gasteiger charge is 2.23. The molecule has 0 fully saturated rings. The molecular weight excluding hydrogens is 427 g/mol. The van der Waals surface area contributed by atoms with Crippen molar-refractivity contribution in [1.29, 1.82) is 0 Å². The first-order valence-electron chi connectivity index (χ1n) is 10.00. The van der Waals surface area contributed by atoms with Gasteiger partial charge in [0.2, 0.25) is 5.78 Å². The summed E-state index contributed by atoms with van der Waals surface area (Å²) in [7, 11) is 0. The molecule has 4 aromatic rings. The number of carbonyl (C=O) groups is 2. The van der Waals surface area contributed by atoms with E-state index in [1.807, 2.05) is 25.1 Å². The number of aliphatic carboxylic acids is 1. The van der Waals surface area contributed by atoms with Crippen molar-refractivity contribution >= 4 is 39.3 Å². The smallest absolute Gasteiger partial charge is 0.328 e. The van der Waals surface area contributed by atoms with Gasteiger partial charge in [-0.1, -0.05) is 43.3 Å². The Morgan fingerprint density at radius 3 is 2.53 bits per heavy atom. The second kappa shape index (κ2) is 9.16. The number of carboxylic acids is 1. The number of benzene rings is 3. The van der Waals surface area contributed by atoms with Gasteiger partial charge in [-0.3, -0.25) is 4.79 Å². The third-order valence-electron chi connectivity index (χ3n) is 4.97. The van der Waals surface area contributed by atoms with Gasteiger partial charge in [-0.25, -0.2) is 9.18 Å². The van der Waals surface area contributed by atoms with Gasteiger partial charge in [0.15, 0.2) is 5.75 Å². The van der Waals surface area contributed by atoms with Crippen LogP contribution in [-0.4, -0.2) is 16.9 Å².